The van der Waals surface area contributed by atoms with Gasteiger partial charge in [0.15, 0.2) is 0 Å². The summed E-state index contributed by atoms with van der Waals surface area (Å²) in [6, 6.07) is 15.7. The Morgan fingerprint density at radius 1 is 0.957 bits per heavy atom. The van der Waals surface area contributed by atoms with Gasteiger partial charge in [-0.2, -0.15) is 0 Å². The molecule has 4 nitrogen and oxygen atoms in total. The van der Waals surface area contributed by atoms with Crippen molar-refractivity contribution in [1.82, 2.24) is 0 Å². The van der Waals surface area contributed by atoms with Gasteiger partial charge in [0.2, 0.25) is 0 Å². The van der Waals surface area contributed by atoms with Gasteiger partial charge in [0.1, 0.15) is 5.75 Å². The van der Waals surface area contributed by atoms with Crippen LogP contribution < -0.4 is 10.1 Å². The maximum atomic E-state index is 12.0. The number of benzene rings is 2. The summed E-state index contributed by atoms with van der Waals surface area (Å²) in [5, 5.41) is 3.68. The Labute approximate surface area is 144 Å². The number of esters is 1. The van der Waals surface area contributed by atoms with Crippen molar-refractivity contribution in [2.75, 3.05) is 10.6 Å². The first-order valence-corrected chi connectivity index (χ1v) is 8.54. The number of halogens is 1. The molecule has 0 atom stereocenters. The third-order valence-electron chi connectivity index (χ3n) is 3.14. The molecule has 0 aromatic heterocycles. The summed E-state index contributed by atoms with van der Waals surface area (Å²) >= 11 is 3.32. The predicted molar refractivity (Wildman–Crippen MR) is 94.1 cm³/mol. The number of carbonyl (C=O) groups excluding carboxylic acids is 2. The number of nitrogens with one attached hydrogen (secondary N) is 1. The van der Waals surface area contributed by atoms with Crippen LogP contribution in [-0.4, -0.2) is 17.2 Å². The number of carbonyl (C=O) groups is 2. The van der Waals surface area contributed by atoms with Crippen molar-refractivity contribution in [3.63, 3.8) is 0 Å². The van der Waals surface area contributed by atoms with Crippen molar-refractivity contribution in [1.29, 1.82) is 0 Å². The molecule has 0 saturated carbocycles. The van der Waals surface area contributed by atoms with Gasteiger partial charge < -0.3 is 10.1 Å². The Morgan fingerprint density at radius 3 is 2.30 bits per heavy atom. The number of alkyl halides is 1. The molecule has 2 aromatic carbocycles. The number of unbranched alkanes of at least 4 members (excludes halogenated alkanes) is 1. The van der Waals surface area contributed by atoms with E-state index in [9.17, 15) is 9.59 Å². The lowest BCUT2D eigenvalue weighted by Gasteiger charge is -2.07. The highest BCUT2D eigenvalue weighted by Gasteiger charge is 2.07. The van der Waals surface area contributed by atoms with Crippen LogP contribution in [0.5, 0.6) is 5.75 Å². The van der Waals surface area contributed by atoms with Crippen molar-refractivity contribution in [3.05, 3.63) is 60.2 Å². The molecular weight excluding hydrogens is 358 g/mol. The molecule has 5 heteroatoms. The Balaban J connectivity index is 1.87. The standard InChI is InChI=1S/C18H18BrNO3/c19-13-5-4-8-17(21)23-16-11-9-15(10-12-16)20-18(22)14-6-2-1-3-7-14/h1-3,6-7,9-12H,4-5,8,13H2,(H,20,22). The topological polar surface area (TPSA) is 55.4 Å². The van der Waals surface area contributed by atoms with Crippen LogP contribution in [0.1, 0.15) is 29.6 Å². The maximum absolute atomic E-state index is 12.0. The Morgan fingerprint density at radius 2 is 1.65 bits per heavy atom. The molecule has 0 bridgehead atoms. The van der Waals surface area contributed by atoms with Crippen molar-refractivity contribution in [2.45, 2.75) is 19.3 Å². The zero-order valence-corrected chi connectivity index (χ0v) is 14.2. The first-order chi connectivity index (χ1) is 11.2. The molecule has 0 unspecified atom stereocenters. The van der Waals surface area contributed by atoms with Crippen molar-refractivity contribution in [3.8, 4) is 5.75 Å². The molecule has 0 aliphatic heterocycles. The summed E-state index contributed by atoms with van der Waals surface area (Å²) in [7, 11) is 0. The molecule has 0 spiro atoms. The van der Waals surface area contributed by atoms with Gasteiger partial charge in [0, 0.05) is 23.0 Å². The Bertz CT molecular complexity index is 641. The van der Waals surface area contributed by atoms with Crippen LogP contribution in [0.3, 0.4) is 0 Å². The molecule has 0 heterocycles. The van der Waals surface area contributed by atoms with E-state index in [1.54, 1.807) is 36.4 Å². The summed E-state index contributed by atoms with van der Waals surface area (Å²) in [6.45, 7) is 0. The van der Waals surface area contributed by atoms with Crippen LogP contribution in [0, 0.1) is 0 Å². The molecular formula is C18H18BrNO3. The second-order valence-electron chi connectivity index (χ2n) is 4.96. The average molecular weight is 376 g/mol. The minimum atomic E-state index is -0.243. The fourth-order valence-electron chi connectivity index (χ4n) is 1.95. The molecule has 0 fully saturated rings. The molecule has 2 rings (SSSR count). The molecule has 0 radical (unpaired) electrons. The third-order valence-corrected chi connectivity index (χ3v) is 3.71. The van der Waals surface area contributed by atoms with Crippen LogP contribution in [0.2, 0.25) is 0 Å². The van der Waals surface area contributed by atoms with E-state index in [4.69, 9.17) is 4.74 Å². The molecule has 1 amide bonds. The first kappa shape index (κ1) is 17.2. The van der Waals surface area contributed by atoms with Gasteiger partial charge in [-0.3, -0.25) is 9.59 Å². The molecule has 120 valence electrons. The van der Waals surface area contributed by atoms with E-state index in [1.165, 1.54) is 0 Å². The van der Waals surface area contributed by atoms with Gasteiger partial charge in [-0.05, 0) is 49.2 Å². The van der Waals surface area contributed by atoms with Crippen molar-refractivity contribution >= 4 is 33.5 Å². The number of ether oxygens (including phenoxy) is 1. The molecule has 0 saturated heterocycles. The second-order valence-corrected chi connectivity index (χ2v) is 5.76. The van der Waals surface area contributed by atoms with Crippen LogP contribution in [-0.2, 0) is 4.79 Å². The minimum Gasteiger partial charge on any atom is -0.427 e. The normalized spacial score (nSPS) is 10.1. The van der Waals surface area contributed by atoms with E-state index in [2.05, 4.69) is 21.2 Å². The maximum Gasteiger partial charge on any atom is 0.311 e. The Hall–Kier alpha value is -2.14. The highest BCUT2D eigenvalue weighted by molar-refractivity contribution is 9.09. The summed E-state index contributed by atoms with van der Waals surface area (Å²) in [5.74, 6) is 0.0590. The van der Waals surface area contributed by atoms with E-state index < -0.39 is 0 Å². The van der Waals surface area contributed by atoms with Gasteiger partial charge in [0.05, 0.1) is 0 Å². The van der Waals surface area contributed by atoms with Gasteiger partial charge in [0.25, 0.3) is 5.91 Å². The molecule has 2 aromatic rings. The van der Waals surface area contributed by atoms with Crippen molar-refractivity contribution in [2.24, 2.45) is 0 Å². The van der Waals surface area contributed by atoms with Crippen molar-refractivity contribution < 1.29 is 14.3 Å². The largest absolute Gasteiger partial charge is 0.427 e. The predicted octanol–water partition coefficient (Wildman–Crippen LogP) is 4.41. The van der Waals surface area contributed by atoms with Gasteiger partial charge in [-0.25, -0.2) is 0 Å². The highest BCUT2D eigenvalue weighted by Crippen LogP contribution is 2.17. The fraction of sp³-hybridized carbons (Fsp3) is 0.222. The quantitative estimate of drug-likeness (QED) is 0.337. The lowest BCUT2D eigenvalue weighted by atomic mass is 10.2. The van der Waals surface area contributed by atoms with E-state index >= 15 is 0 Å². The average Bonchev–Trinajstić information content (AvgIpc) is 2.57. The third kappa shape index (κ3) is 5.87. The van der Waals surface area contributed by atoms with Crippen LogP contribution in [0.4, 0.5) is 5.69 Å². The molecule has 23 heavy (non-hydrogen) atoms. The lowest BCUT2D eigenvalue weighted by Crippen LogP contribution is -2.11. The summed E-state index contributed by atoms with van der Waals surface area (Å²) in [4.78, 5) is 23.7. The number of hydrogen-bond acceptors (Lipinski definition) is 3. The van der Waals surface area contributed by atoms with Gasteiger partial charge >= 0.3 is 5.97 Å². The van der Waals surface area contributed by atoms with Crippen LogP contribution in [0.25, 0.3) is 0 Å². The molecule has 0 aliphatic carbocycles. The summed E-state index contributed by atoms with van der Waals surface area (Å²) in [6.07, 6.45) is 2.15. The van der Waals surface area contributed by atoms with Gasteiger partial charge in [-0.15, -0.1) is 0 Å². The smallest absolute Gasteiger partial charge is 0.311 e. The summed E-state index contributed by atoms with van der Waals surface area (Å²) < 4.78 is 5.24. The van der Waals surface area contributed by atoms with Gasteiger partial charge in [-0.1, -0.05) is 34.1 Å². The van der Waals surface area contributed by atoms with E-state index in [-0.39, 0.29) is 11.9 Å². The molecule has 0 aliphatic rings. The zero-order valence-electron chi connectivity index (χ0n) is 12.6. The van der Waals surface area contributed by atoms with E-state index in [1.807, 2.05) is 18.2 Å². The SMILES string of the molecule is O=C(CCCCBr)Oc1ccc(NC(=O)c2ccccc2)cc1. The zero-order chi connectivity index (χ0) is 16.5. The number of anilines is 1. The monoisotopic (exact) mass is 375 g/mol. The van der Waals surface area contributed by atoms with E-state index in [0.717, 1.165) is 18.2 Å². The molecule has 1 N–H and O–H groups in total. The first-order valence-electron chi connectivity index (χ1n) is 7.42. The Kier molecular flexibility index (Phi) is 6.81. The number of hydrogen-bond donors (Lipinski definition) is 1. The lowest BCUT2D eigenvalue weighted by molar-refractivity contribution is -0.134. The second kappa shape index (κ2) is 9.10. The van der Waals surface area contributed by atoms with E-state index in [0.29, 0.717) is 23.4 Å². The highest BCUT2D eigenvalue weighted by atomic mass is 79.9. The number of amides is 1. The van der Waals surface area contributed by atoms with Crippen LogP contribution >= 0.6 is 15.9 Å². The number of rotatable bonds is 7. The minimum absolute atomic E-state index is 0.176. The van der Waals surface area contributed by atoms with Crippen LogP contribution in [0.15, 0.2) is 54.6 Å². The fourth-order valence-corrected chi connectivity index (χ4v) is 2.34. The summed E-state index contributed by atoms with van der Waals surface area (Å²) in [5.41, 5.74) is 1.24.